The van der Waals surface area contributed by atoms with Gasteiger partial charge in [0.25, 0.3) is 0 Å². The number of benzene rings is 2. The quantitative estimate of drug-likeness (QED) is 0.502. The molecule has 6 rings (SSSR count). The number of nitrogens with zero attached hydrogens (tertiary/aromatic N) is 2. The number of aliphatic hydroxyl groups is 1. The summed E-state index contributed by atoms with van der Waals surface area (Å²) in [7, 11) is 0. The van der Waals surface area contributed by atoms with Crippen molar-refractivity contribution in [2.45, 2.75) is 31.5 Å². The van der Waals surface area contributed by atoms with Crippen LogP contribution in [0.25, 0.3) is 10.9 Å². The molecular weight excluding hydrogens is 356 g/mol. The topological polar surface area (TPSA) is 33.1 Å². The molecule has 2 bridgehead atoms. The lowest BCUT2D eigenvalue weighted by atomic mass is 9.71. The van der Waals surface area contributed by atoms with Crippen molar-refractivity contribution in [3.05, 3.63) is 90.6 Å². The van der Waals surface area contributed by atoms with Gasteiger partial charge >= 0.3 is 0 Å². The molecule has 148 valence electrons. The number of aliphatic hydroxyl groups excluding tert-OH is 1. The molecule has 29 heavy (non-hydrogen) atoms. The van der Waals surface area contributed by atoms with Crippen LogP contribution in [0.2, 0.25) is 0 Å². The summed E-state index contributed by atoms with van der Waals surface area (Å²) in [6, 6.07) is 21.2. The zero-order valence-corrected chi connectivity index (χ0v) is 16.8. The minimum atomic E-state index is -0.486. The Kier molecular flexibility index (Phi) is 4.73. The van der Waals surface area contributed by atoms with Gasteiger partial charge in [0.15, 0.2) is 0 Å². The lowest BCUT2D eigenvalue weighted by Crippen LogP contribution is -2.67. The molecule has 3 aliphatic heterocycles. The number of rotatable bonds is 5. The largest absolute Gasteiger partial charge is 0.382 e. The molecule has 2 aromatic carbocycles. The molecule has 0 amide bonds. The van der Waals surface area contributed by atoms with E-state index in [2.05, 4.69) is 54.0 Å². The maximum Gasteiger partial charge on any atom is 0.131 e. The van der Waals surface area contributed by atoms with Crippen molar-refractivity contribution < 1.29 is 9.59 Å². The van der Waals surface area contributed by atoms with Crippen molar-refractivity contribution in [1.29, 1.82) is 0 Å². The summed E-state index contributed by atoms with van der Waals surface area (Å²) in [6.07, 6.45) is 5.79. The number of fused-ring (bicyclic) bond motifs is 4. The molecule has 4 heterocycles. The Labute approximate surface area is 172 Å². The Morgan fingerprint density at radius 2 is 1.90 bits per heavy atom. The first-order valence-corrected chi connectivity index (χ1v) is 10.7. The molecule has 3 heteroatoms. The van der Waals surface area contributed by atoms with E-state index in [1.807, 2.05) is 30.5 Å². The van der Waals surface area contributed by atoms with Crippen LogP contribution in [0.5, 0.6) is 0 Å². The van der Waals surface area contributed by atoms with Crippen molar-refractivity contribution >= 4 is 10.9 Å². The van der Waals surface area contributed by atoms with E-state index in [9.17, 15) is 5.11 Å². The van der Waals surface area contributed by atoms with Crippen LogP contribution in [0.3, 0.4) is 0 Å². The second-order valence-corrected chi connectivity index (χ2v) is 8.88. The minimum Gasteiger partial charge on any atom is -0.382 e. The molecule has 1 unspecified atom stereocenters. The average Bonchev–Trinajstić information content (AvgIpc) is 2.78. The molecular formula is C26H29N2O+. The Hall–Kier alpha value is -2.49. The third-order valence-corrected chi connectivity index (χ3v) is 7.38. The van der Waals surface area contributed by atoms with Crippen LogP contribution in [-0.2, 0) is 6.54 Å². The van der Waals surface area contributed by atoms with E-state index in [-0.39, 0.29) is 6.04 Å². The number of hydrogen-bond donors (Lipinski definition) is 1. The van der Waals surface area contributed by atoms with Crippen molar-refractivity contribution in [1.82, 2.24) is 4.98 Å². The molecule has 0 aliphatic carbocycles. The highest BCUT2D eigenvalue weighted by atomic mass is 16.3. The Morgan fingerprint density at radius 3 is 2.72 bits per heavy atom. The van der Waals surface area contributed by atoms with Gasteiger partial charge in [0.05, 0.1) is 18.6 Å². The summed E-state index contributed by atoms with van der Waals surface area (Å²) in [5.74, 6) is 1.18. The summed E-state index contributed by atoms with van der Waals surface area (Å²) in [6.45, 7) is 7.32. The SMILES string of the molecule is C=C[C@H]1C[N@+]2(Cc3ccccc3)CC[C@H]1CC2[C@H](O)c1ccnc2ccccc12. The number of aromatic nitrogens is 1. The summed E-state index contributed by atoms with van der Waals surface area (Å²) in [4.78, 5) is 4.50. The van der Waals surface area contributed by atoms with Gasteiger partial charge in [-0.05, 0) is 23.6 Å². The molecule has 1 N–H and O–H groups in total. The highest BCUT2D eigenvalue weighted by Crippen LogP contribution is 2.47. The van der Waals surface area contributed by atoms with Gasteiger partial charge in [-0.3, -0.25) is 4.98 Å². The first-order chi connectivity index (χ1) is 14.2. The molecule has 3 nitrogen and oxygen atoms in total. The number of hydrogen-bond acceptors (Lipinski definition) is 2. The van der Waals surface area contributed by atoms with Gasteiger partial charge < -0.3 is 9.59 Å². The molecule has 0 radical (unpaired) electrons. The fourth-order valence-electron chi connectivity index (χ4n) is 5.91. The first kappa shape index (κ1) is 18.5. The van der Waals surface area contributed by atoms with Crippen LogP contribution in [0.4, 0.5) is 0 Å². The van der Waals surface area contributed by atoms with Crippen LogP contribution < -0.4 is 0 Å². The number of para-hydroxylation sites is 1. The highest BCUT2D eigenvalue weighted by molar-refractivity contribution is 5.82. The van der Waals surface area contributed by atoms with Crippen molar-refractivity contribution in [2.75, 3.05) is 13.1 Å². The van der Waals surface area contributed by atoms with Gasteiger partial charge in [0.2, 0.25) is 0 Å². The third kappa shape index (κ3) is 3.19. The zero-order chi connectivity index (χ0) is 19.8. The molecule has 3 fully saturated rings. The summed E-state index contributed by atoms with van der Waals surface area (Å²) in [5, 5.41) is 12.8. The molecule has 3 aromatic rings. The van der Waals surface area contributed by atoms with E-state index in [1.54, 1.807) is 0 Å². The Bertz CT molecular complexity index is 1010. The highest BCUT2D eigenvalue weighted by Gasteiger charge is 2.53. The second kappa shape index (κ2) is 7.40. The smallest absolute Gasteiger partial charge is 0.131 e. The van der Waals surface area contributed by atoms with Crippen LogP contribution >= 0.6 is 0 Å². The molecule has 3 aliphatic rings. The molecule has 3 saturated heterocycles. The second-order valence-electron chi connectivity index (χ2n) is 8.88. The van der Waals surface area contributed by atoms with Crippen LogP contribution in [0, 0.1) is 11.8 Å². The standard InChI is InChI=1S/C26H29N2O/c1-2-20-18-28(17-19-8-4-3-5-9-19)15-13-21(20)16-25(28)26(29)23-12-14-27-24-11-7-6-10-22(23)24/h2-12,14,20-21,25-26,29H,1,13,15-18H2/q+1/t20-,21-,25?,26+,28+/m0/s1. The monoisotopic (exact) mass is 385 g/mol. The maximum absolute atomic E-state index is 11.7. The van der Waals surface area contributed by atoms with Crippen LogP contribution in [0.1, 0.15) is 30.1 Å². The lowest BCUT2D eigenvalue weighted by molar-refractivity contribution is -0.984. The van der Waals surface area contributed by atoms with E-state index in [1.165, 1.54) is 12.0 Å². The summed E-state index contributed by atoms with van der Waals surface area (Å²) in [5.41, 5.74) is 3.33. The van der Waals surface area contributed by atoms with Gasteiger partial charge in [-0.1, -0.05) is 54.6 Å². The number of piperidine rings is 3. The fourth-order valence-corrected chi connectivity index (χ4v) is 5.91. The predicted molar refractivity (Wildman–Crippen MR) is 117 cm³/mol. The van der Waals surface area contributed by atoms with Gasteiger partial charge in [-0.25, -0.2) is 0 Å². The Balaban J connectivity index is 1.56. The van der Waals surface area contributed by atoms with E-state index < -0.39 is 6.10 Å². The predicted octanol–water partition coefficient (Wildman–Crippen LogP) is 4.88. The van der Waals surface area contributed by atoms with Gasteiger partial charge in [0.1, 0.15) is 18.7 Å². The van der Waals surface area contributed by atoms with E-state index >= 15 is 0 Å². The fraction of sp³-hybridized carbons (Fsp3) is 0.346. The van der Waals surface area contributed by atoms with E-state index in [0.717, 1.165) is 47.0 Å². The van der Waals surface area contributed by atoms with E-state index in [4.69, 9.17) is 0 Å². The first-order valence-electron chi connectivity index (χ1n) is 10.7. The lowest BCUT2D eigenvalue weighted by Gasteiger charge is -2.58. The van der Waals surface area contributed by atoms with Gasteiger partial charge in [-0.15, -0.1) is 6.58 Å². The van der Waals surface area contributed by atoms with Crippen molar-refractivity contribution in [3.8, 4) is 0 Å². The number of quaternary nitrogens is 1. The average molecular weight is 386 g/mol. The van der Waals surface area contributed by atoms with Gasteiger partial charge in [0, 0.05) is 35.9 Å². The zero-order valence-electron chi connectivity index (χ0n) is 16.8. The number of pyridine rings is 1. The molecule has 5 atom stereocenters. The van der Waals surface area contributed by atoms with Crippen LogP contribution in [-0.4, -0.2) is 33.7 Å². The molecule has 1 aromatic heterocycles. The molecule has 0 saturated carbocycles. The third-order valence-electron chi connectivity index (χ3n) is 7.38. The van der Waals surface area contributed by atoms with Crippen molar-refractivity contribution in [3.63, 3.8) is 0 Å². The van der Waals surface area contributed by atoms with Gasteiger partial charge in [-0.2, -0.15) is 0 Å². The maximum atomic E-state index is 11.7. The summed E-state index contributed by atoms with van der Waals surface area (Å²) >= 11 is 0. The normalized spacial score (nSPS) is 29.6. The van der Waals surface area contributed by atoms with Crippen LogP contribution in [0.15, 0.2) is 79.5 Å². The van der Waals surface area contributed by atoms with Crippen molar-refractivity contribution in [2.24, 2.45) is 11.8 Å². The Morgan fingerprint density at radius 1 is 1.10 bits per heavy atom. The minimum absolute atomic E-state index is 0.205. The molecule has 0 spiro atoms. The summed E-state index contributed by atoms with van der Waals surface area (Å²) < 4.78 is 0.953. The van der Waals surface area contributed by atoms with E-state index in [0.29, 0.717) is 11.8 Å².